The molecule has 1 saturated heterocycles. The standard InChI is InChI=1S/C14H21N3O2/c18-13-3-1-12(2-4-13)5-6-16-14(19)11-17-9-7-15-8-10-17/h1-4,15,18H,5-11H2,(H,16,19). The van der Waals surface area contributed by atoms with Gasteiger partial charge in [-0.15, -0.1) is 0 Å². The van der Waals surface area contributed by atoms with Gasteiger partial charge in [-0.05, 0) is 24.1 Å². The van der Waals surface area contributed by atoms with Gasteiger partial charge >= 0.3 is 0 Å². The first-order valence-corrected chi connectivity index (χ1v) is 6.72. The van der Waals surface area contributed by atoms with Crippen molar-refractivity contribution in [3.63, 3.8) is 0 Å². The van der Waals surface area contributed by atoms with Crippen molar-refractivity contribution in [3.8, 4) is 5.75 Å². The Kier molecular flexibility index (Phi) is 5.18. The number of benzene rings is 1. The Labute approximate surface area is 113 Å². The van der Waals surface area contributed by atoms with Crippen LogP contribution in [0.2, 0.25) is 0 Å². The van der Waals surface area contributed by atoms with E-state index in [1.807, 2.05) is 12.1 Å². The third kappa shape index (κ3) is 4.89. The summed E-state index contributed by atoms with van der Waals surface area (Å²) in [6.45, 7) is 4.91. The average molecular weight is 263 g/mol. The molecule has 0 atom stereocenters. The molecule has 1 amide bonds. The molecule has 0 aromatic heterocycles. The Hall–Kier alpha value is -1.59. The predicted octanol–water partition coefficient (Wildman–Crippen LogP) is -0.0439. The fraction of sp³-hybridized carbons (Fsp3) is 0.500. The molecule has 1 aliphatic heterocycles. The average Bonchev–Trinajstić information content (AvgIpc) is 2.42. The van der Waals surface area contributed by atoms with Crippen molar-refractivity contribution in [1.29, 1.82) is 0 Å². The zero-order chi connectivity index (χ0) is 13.5. The van der Waals surface area contributed by atoms with Crippen LogP contribution in [0.4, 0.5) is 0 Å². The minimum absolute atomic E-state index is 0.0840. The van der Waals surface area contributed by atoms with Crippen LogP contribution in [0.15, 0.2) is 24.3 Å². The fourth-order valence-electron chi connectivity index (χ4n) is 2.14. The smallest absolute Gasteiger partial charge is 0.234 e. The van der Waals surface area contributed by atoms with E-state index in [2.05, 4.69) is 15.5 Å². The van der Waals surface area contributed by atoms with Crippen molar-refractivity contribution >= 4 is 5.91 Å². The molecule has 0 bridgehead atoms. The van der Waals surface area contributed by atoms with Crippen LogP contribution in [-0.4, -0.2) is 55.2 Å². The number of aromatic hydroxyl groups is 1. The molecular formula is C14H21N3O2. The molecule has 0 spiro atoms. The minimum atomic E-state index is 0.0840. The molecule has 5 nitrogen and oxygen atoms in total. The van der Waals surface area contributed by atoms with E-state index in [1.165, 1.54) is 0 Å². The van der Waals surface area contributed by atoms with E-state index in [0.29, 0.717) is 13.1 Å². The first-order valence-electron chi connectivity index (χ1n) is 6.72. The Morgan fingerprint density at radius 2 is 1.95 bits per heavy atom. The molecular weight excluding hydrogens is 242 g/mol. The van der Waals surface area contributed by atoms with Gasteiger partial charge in [-0.3, -0.25) is 9.69 Å². The van der Waals surface area contributed by atoms with Crippen LogP contribution in [0.25, 0.3) is 0 Å². The number of rotatable bonds is 5. The molecule has 5 heteroatoms. The van der Waals surface area contributed by atoms with Crippen LogP contribution >= 0.6 is 0 Å². The summed E-state index contributed by atoms with van der Waals surface area (Å²) in [5.41, 5.74) is 1.11. The van der Waals surface area contributed by atoms with Gasteiger partial charge < -0.3 is 15.7 Å². The van der Waals surface area contributed by atoms with Gasteiger partial charge in [0.2, 0.25) is 5.91 Å². The maximum atomic E-state index is 11.7. The molecule has 0 radical (unpaired) electrons. The Bertz CT molecular complexity index is 400. The minimum Gasteiger partial charge on any atom is -0.508 e. The molecule has 1 aromatic rings. The molecule has 2 rings (SSSR count). The van der Waals surface area contributed by atoms with Crippen LogP contribution < -0.4 is 10.6 Å². The lowest BCUT2D eigenvalue weighted by Gasteiger charge is -2.26. The van der Waals surface area contributed by atoms with Crippen molar-refractivity contribution in [3.05, 3.63) is 29.8 Å². The highest BCUT2D eigenvalue weighted by atomic mass is 16.3. The molecule has 0 unspecified atom stereocenters. The Morgan fingerprint density at radius 1 is 1.26 bits per heavy atom. The number of carbonyl (C=O) groups is 1. The lowest BCUT2D eigenvalue weighted by molar-refractivity contribution is -0.122. The molecule has 1 heterocycles. The summed E-state index contributed by atoms with van der Waals surface area (Å²) in [6.07, 6.45) is 0.785. The second-order valence-corrected chi connectivity index (χ2v) is 4.79. The Balaban J connectivity index is 1.64. The molecule has 1 fully saturated rings. The van der Waals surface area contributed by atoms with Crippen molar-refractivity contribution in [2.24, 2.45) is 0 Å². The van der Waals surface area contributed by atoms with E-state index in [4.69, 9.17) is 0 Å². The van der Waals surface area contributed by atoms with Crippen LogP contribution in [0.5, 0.6) is 5.75 Å². The highest BCUT2D eigenvalue weighted by molar-refractivity contribution is 5.78. The van der Waals surface area contributed by atoms with E-state index < -0.39 is 0 Å². The fourth-order valence-corrected chi connectivity index (χ4v) is 2.14. The molecule has 1 aliphatic rings. The molecule has 0 aliphatic carbocycles. The molecule has 104 valence electrons. The lowest BCUT2D eigenvalue weighted by Crippen LogP contribution is -2.47. The third-order valence-electron chi connectivity index (χ3n) is 3.25. The zero-order valence-corrected chi connectivity index (χ0v) is 11.1. The topological polar surface area (TPSA) is 64.6 Å². The van der Waals surface area contributed by atoms with E-state index in [9.17, 15) is 9.90 Å². The normalized spacial score (nSPS) is 16.2. The van der Waals surface area contributed by atoms with E-state index in [1.54, 1.807) is 12.1 Å². The molecule has 3 N–H and O–H groups in total. The van der Waals surface area contributed by atoms with E-state index >= 15 is 0 Å². The third-order valence-corrected chi connectivity index (χ3v) is 3.25. The largest absolute Gasteiger partial charge is 0.508 e. The number of carbonyl (C=O) groups excluding carboxylic acids is 1. The highest BCUT2D eigenvalue weighted by Crippen LogP contribution is 2.09. The van der Waals surface area contributed by atoms with Crippen molar-refractivity contribution in [2.45, 2.75) is 6.42 Å². The summed E-state index contributed by atoms with van der Waals surface area (Å²) in [5, 5.41) is 15.4. The summed E-state index contributed by atoms with van der Waals surface area (Å²) in [5.74, 6) is 0.354. The molecule has 0 saturated carbocycles. The van der Waals surface area contributed by atoms with Crippen LogP contribution in [0.3, 0.4) is 0 Å². The number of nitrogens with one attached hydrogen (secondary N) is 2. The van der Waals surface area contributed by atoms with Gasteiger partial charge in [0.15, 0.2) is 0 Å². The summed E-state index contributed by atoms with van der Waals surface area (Å²) in [6, 6.07) is 7.07. The van der Waals surface area contributed by atoms with Gasteiger partial charge in [0.1, 0.15) is 5.75 Å². The quantitative estimate of drug-likeness (QED) is 0.697. The number of hydrogen-bond donors (Lipinski definition) is 3. The van der Waals surface area contributed by atoms with Crippen molar-refractivity contribution in [2.75, 3.05) is 39.3 Å². The lowest BCUT2D eigenvalue weighted by atomic mass is 10.1. The summed E-state index contributed by atoms with van der Waals surface area (Å²) in [4.78, 5) is 13.9. The number of amides is 1. The summed E-state index contributed by atoms with van der Waals surface area (Å²) < 4.78 is 0. The van der Waals surface area contributed by atoms with E-state index in [-0.39, 0.29) is 11.7 Å². The van der Waals surface area contributed by atoms with E-state index in [0.717, 1.165) is 38.2 Å². The van der Waals surface area contributed by atoms with Crippen LogP contribution in [0.1, 0.15) is 5.56 Å². The maximum Gasteiger partial charge on any atom is 0.234 e. The monoisotopic (exact) mass is 263 g/mol. The summed E-state index contributed by atoms with van der Waals surface area (Å²) >= 11 is 0. The number of nitrogens with zero attached hydrogens (tertiary/aromatic N) is 1. The number of phenolic OH excluding ortho intramolecular Hbond substituents is 1. The van der Waals surface area contributed by atoms with Gasteiger partial charge in [0.25, 0.3) is 0 Å². The van der Waals surface area contributed by atoms with Gasteiger partial charge in [-0.1, -0.05) is 12.1 Å². The SMILES string of the molecule is O=C(CN1CCNCC1)NCCc1ccc(O)cc1. The highest BCUT2D eigenvalue weighted by Gasteiger charge is 2.12. The van der Waals surface area contributed by atoms with Crippen LogP contribution in [-0.2, 0) is 11.2 Å². The predicted molar refractivity (Wildman–Crippen MR) is 74.1 cm³/mol. The maximum absolute atomic E-state index is 11.7. The first kappa shape index (κ1) is 13.8. The van der Waals surface area contributed by atoms with Gasteiger partial charge in [-0.25, -0.2) is 0 Å². The second-order valence-electron chi connectivity index (χ2n) is 4.79. The number of piperazine rings is 1. The van der Waals surface area contributed by atoms with Crippen LogP contribution in [0, 0.1) is 0 Å². The van der Waals surface area contributed by atoms with Gasteiger partial charge in [-0.2, -0.15) is 0 Å². The zero-order valence-electron chi connectivity index (χ0n) is 11.1. The summed E-state index contributed by atoms with van der Waals surface area (Å²) in [7, 11) is 0. The first-order chi connectivity index (χ1) is 9.24. The van der Waals surface area contributed by atoms with Crippen molar-refractivity contribution in [1.82, 2.24) is 15.5 Å². The number of hydrogen-bond acceptors (Lipinski definition) is 4. The van der Waals surface area contributed by atoms with Crippen molar-refractivity contribution < 1.29 is 9.90 Å². The van der Waals surface area contributed by atoms with Gasteiger partial charge in [0.05, 0.1) is 6.54 Å². The molecule has 1 aromatic carbocycles. The number of phenols is 1. The Morgan fingerprint density at radius 3 is 2.63 bits per heavy atom. The molecule has 19 heavy (non-hydrogen) atoms. The van der Waals surface area contributed by atoms with Gasteiger partial charge in [0, 0.05) is 32.7 Å². The second kappa shape index (κ2) is 7.11.